The Bertz CT molecular complexity index is 468. The first-order valence-corrected chi connectivity index (χ1v) is 6.41. The van der Waals surface area contributed by atoms with Gasteiger partial charge in [-0.2, -0.15) is 5.26 Å². The maximum atomic E-state index is 12.3. The van der Waals surface area contributed by atoms with E-state index in [1.54, 1.807) is 0 Å². The van der Waals surface area contributed by atoms with Crippen LogP contribution in [0.2, 0.25) is 0 Å². The molecule has 1 aromatic carbocycles. The number of carbonyl (C=O) groups is 1. The summed E-state index contributed by atoms with van der Waals surface area (Å²) >= 11 is 0. The fraction of sp³-hybridized carbons (Fsp3) is 0.429. The number of nitrogens with zero attached hydrogens (tertiary/aromatic N) is 3. The molecule has 2 rings (SSSR count). The first kappa shape index (κ1) is 13.5. The molecular formula is C14H18N4O. The van der Waals surface area contributed by atoms with Gasteiger partial charge in [-0.1, -0.05) is 18.2 Å². The lowest BCUT2D eigenvalue weighted by atomic mass is 10.2. The highest BCUT2D eigenvalue weighted by atomic mass is 16.2. The van der Waals surface area contributed by atoms with E-state index in [0.29, 0.717) is 6.54 Å². The first-order valence-electron chi connectivity index (χ1n) is 6.41. The van der Waals surface area contributed by atoms with Crippen LogP contribution in [0.15, 0.2) is 30.3 Å². The molecule has 1 aromatic rings. The van der Waals surface area contributed by atoms with E-state index in [2.05, 4.69) is 0 Å². The summed E-state index contributed by atoms with van der Waals surface area (Å²) in [6, 6.07) is 11.5. The average molecular weight is 258 g/mol. The number of hydrogen-bond acceptors (Lipinski definition) is 4. The van der Waals surface area contributed by atoms with Crippen LogP contribution in [-0.2, 0) is 4.79 Å². The number of anilines is 1. The van der Waals surface area contributed by atoms with Crippen molar-refractivity contribution in [2.45, 2.75) is 12.5 Å². The number of likely N-dealkylation sites (tertiary alicyclic amines) is 1. The highest BCUT2D eigenvalue weighted by Gasteiger charge is 2.24. The minimum atomic E-state index is -0.0538. The topological polar surface area (TPSA) is 73.4 Å². The van der Waals surface area contributed by atoms with Gasteiger partial charge in [-0.15, -0.1) is 0 Å². The summed E-state index contributed by atoms with van der Waals surface area (Å²) < 4.78 is 0. The monoisotopic (exact) mass is 258 g/mol. The van der Waals surface area contributed by atoms with Gasteiger partial charge in [0.2, 0.25) is 5.91 Å². The molecule has 1 atom stereocenters. The van der Waals surface area contributed by atoms with E-state index in [-0.39, 0.29) is 18.5 Å². The lowest BCUT2D eigenvalue weighted by molar-refractivity contribution is -0.119. The normalized spacial score (nSPS) is 19.1. The van der Waals surface area contributed by atoms with Crippen molar-refractivity contribution >= 4 is 11.6 Å². The number of carbonyl (C=O) groups excluding carboxylic acids is 1. The van der Waals surface area contributed by atoms with Gasteiger partial charge in [0.1, 0.15) is 6.54 Å². The third-order valence-electron chi connectivity index (χ3n) is 3.27. The number of nitriles is 1. The Kier molecular flexibility index (Phi) is 4.50. The number of amides is 1. The average Bonchev–Trinajstić information content (AvgIpc) is 2.82. The third-order valence-corrected chi connectivity index (χ3v) is 3.27. The standard InChI is InChI=1S/C14H18N4O/c15-7-9-18(13-4-2-1-3-5-13)14(19)11-17-8-6-12(16)10-17/h1-5,12H,6,8-11,16H2/t12-/m0/s1. The quantitative estimate of drug-likeness (QED) is 0.802. The zero-order chi connectivity index (χ0) is 13.7. The molecule has 0 unspecified atom stereocenters. The predicted molar refractivity (Wildman–Crippen MR) is 73.4 cm³/mol. The Morgan fingerprint density at radius 1 is 1.47 bits per heavy atom. The van der Waals surface area contributed by atoms with E-state index < -0.39 is 0 Å². The molecule has 19 heavy (non-hydrogen) atoms. The highest BCUT2D eigenvalue weighted by Crippen LogP contribution is 2.14. The maximum absolute atomic E-state index is 12.3. The SMILES string of the molecule is N#CCN(C(=O)CN1CC[C@H](N)C1)c1ccccc1. The Balaban J connectivity index is 2.03. The molecular weight excluding hydrogens is 240 g/mol. The zero-order valence-corrected chi connectivity index (χ0v) is 10.8. The van der Waals surface area contributed by atoms with Crippen LogP contribution in [0.5, 0.6) is 0 Å². The van der Waals surface area contributed by atoms with Gasteiger partial charge < -0.3 is 5.73 Å². The van der Waals surface area contributed by atoms with E-state index in [1.807, 2.05) is 41.3 Å². The van der Waals surface area contributed by atoms with Crippen LogP contribution < -0.4 is 10.6 Å². The molecule has 5 heteroatoms. The second-order valence-corrected chi connectivity index (χ2v) is 4.76. The van der Waals surface area contributed by atoms with E-state index in [1.165, 1.54) is 4.90 Å². The predicted octanol–water partition coefficient (Wildman–Crippen LogP) is 0.576. The van der Waals surface area contributed by atoms with Crippen molar-refractivity contribution < 1.29 is 4.79 Å². The molecule has 2 N–H and O–H groups in total. The molecule has 5 nitrogen and oxygen atoms in total. The summed E-state index contributed by atoms with van der Waals surface area (Å²) in [7, 11) is 0. The van der Waals surface area contributed by atoms with Gasteiger partial charge in [-0.05, 0) is 18.6 Å². The van der Waals surface area contributed by atoms with Gasteiger partial charge in [0.05, 0.1) is 12.6 Å². The highest BCUT2D eigenvalue weighted by molar-refractivity contribution is 5.95. The summed E-state index contributed by atoms with van der Waals surface area (Å²) in [4.78, 5) is 15.8. The molecule has 0 saturated carbocycles. The molecule has 1 aliphatic heterocycles. The van der Waals surface area contributed by atoms with Crippen LogP contribution in [0.1, 0.15) is 6.42 Å². The van der Waals surface area contributed by atoms with Gasteiger partial charge in [-0.3, -0.25) is 14.6 Å². The molecule has 0 aliphatic carbocycles. The Hall–Kier alpha value is -1.90. The summed E-state index contributed by atoms with van der Waals surface area (Å²) in [5.74, 6) is -0.0538. The molecule has 1 aliphatic rings. The van der Waals surface area contributed by atoms with Crippen LogP contribution in [0.3, 0.4) is 0 Å². The molecule has 1 heterocycles. The minimum Gasteiger partial charge on any atom is -0.326 e. The van der Waals surface area contributed by atoms with E-state index >= 15 is 0 Å². The minimum absolute atomic E-state index is 0.0538. The third kappa shape index (κ3) is 3.53. The molecule has 1 fully saturated rings. The van der Waals surface area contributed by atoms with Crippen LogP contribution in [-0.4, -0.2) is 43.0 Å². The number of rotatable bonds is 4. The van der Waals surface area contributed by atoms with Crippen LogP contribution >= 0.6 is 0 Å². The van der Waals surface area contributed by atoms with Crippen LogP contribution in [0.25, 0.3) is 0 Å². The van der Waals surface area contributed by atoms with E-state index in [9.17, 15) is 4.79 Å². The van der Waals surface area contributed by atoms with Crippen molar-refractivity contribution in [1.29, 1.82) is 5.26 Å². The Morgan fingerprint density at radius 3 is 2.79 bits per heavy atom. The summed E-state index contributed by atoms with van der Waals surface area (Å²) in [5, 5.41) is 8.87. The Morgan fingerprint density at radius 2 is 2.21 bits per heavy atom. The summed E-state index contributed by atoms with van der Waals surface area (Å²) in [5.41, 5.74) is 6.59. The van der Waals surface area contributed by atoms with Gasteiger partial charge in [-0.25, -0.2) is 0 Å². The number of benzene rings is 1. The summed E-state index contributed by atoms with van der Waals surface area (Å²) in [6.45, 7) is 2.00. The largest absolute Gasteiger partial charge is 0.326 e. The Labute approximate surface area is 113 Å². The van der Waals surface area contributed by atoms with Crippen molar-refractivity contribution in [1.82, 2.24) is 4.90 Å². The molecule has 0 bridgehead atoms. The number of para-hydroxylation sites is 1. The number of nitrogens with two attached hydrogens (primary N) is 1. The van der Waals surface area contributed by atoms with Gasteiger partial charge in [0.15, 0.2) is 0 Å². The molecule has 0 aromatic heterocycles. The lowest BCUT2D eigenvalue weighted by Gasteiger charge is -2.23. The van der Waals surface area contributed by atoms with Gasteiger partial charge in [0, 0.05) is 24.8 Å². The molecule has 1 saturated heterocycles. The van der Waals surface area contributed by atoms with Crippen molar-refractivity contribution in [2.24, 2.45) is 5.73 Å². The molecule has 0 radical (unpaired) electrons. The van der Waals surface area contributed by atoms with Gasteiger partial charge >= 0.3 is 0 Å². The molecule has 1 amide bonds. The van der Waals surface area contributed by atoms with E-state index in [0.717, 1.165) is 25.2 Å². The van der Waals surface area contributed by atoms with Crippen molar-refractivity contribution in [3.63, 3.8) is 0 Å². The fourth-order valence-electron chi connectivity index (χ4n) is 2.28. The van der Waals surface area contributed by atoms with Crippen LogP contribution in [0, 0.1) is 11.3 Å². The fourth-order valence-corrected chi connectivity index (χ4v) is 2.28. The number of hydrogen-bond donors (Lipinski definition) is 1. The smallest absolute Gasteiger partial charge is 0.242 e. The summed E-state index contributed by atoms with van der Waals surface area (Å²) in [6.07, 6.45) is 0.927. The van der Waals surface area contributed by atoms with Gasteiger partial charge in [0.25, 0.3) is 0 Å². The van der Waals surface area contributed by atoms with E-state index in [4.69, 9.17) is 11.0 Å². The zero-order valence-electron chi connectivity index (χ0n) is 10.8. The van der Waals surface area contributed by atoms with Crippen LogP contribution in [0.4, 0.5) is 5.69 Å². The first-order chi connectivity index (χ1) is 9.20. The second-order valence-electron chi connectivity index (χ2n) is 4.76. The second kappa shape index (κ2) is 6.32. The lowest BCUT2D eigenvalue weighted by Crippen LogP contribution is -2.40. The molecule has 0 spiro atoms. The molecule has 100 valence electrons. The maximum Gasteiger partial charge on any atom is 0.242 e. The van der Waals surface area contributed by atoms with Crippen molar-refractivity contribution in [2.75, 3.05) is 31.1 Å². The van der Waals surface area contributed by atoms with Crippen molar-refractivity contribution in [3.05, 3.63) is 30.3 Å². The van der Waals surface area contributed by atoms with Crippen molar-refractivity contribution in [3.8, 4) is 6.07 Å².